The van der Waals surface area contributed by atoms with Gasteiger partial charge in [-0.05, 0) is 18.4 Å². The van der Waals surface area contributed by atoms with Crippen LogP contribution in [0, 0.1) is 11.7 Å². The van der Waals surface area contributed by atoms with Gasteiger partial charge in [-0.2, -0.15) is 0 Å². The largest absolute Gasteiger partial charge is 0.388 e. The van der Waals surface area contributed by atoms with Crippen molar-refractivity contribution in [2.24, 2.45) is 5.92 Å². The van der Waals surface area contributed by atoms with Gasteiger partial charge in [-0.15, -0.1) is 0 Å². The molecule has 1 aromatic carbocycles. The first-order valence-electron chi connectivity index (χ1n) is 6.11. The van der Waals surface area contributed by atoms with E-state index >= 15 is 0 Å². The molecule has 2 nitrogen and oxygen atoms in total. The van der Waals surface area contributed by atoms with Crippen molar-refractivity contribution < 1.29 is 14.2 Å². The minimum absolute atomic E-state index is 0.347. The van der Waals surface area contributed by atoms with Gasteiger partial charge in [0.2, 0.25) is 0 Å². The van der Waals surface area contributed by atoms with E-state index in [0.717, 1.165) is 6.42 Å². The standard InChI is InChI=1S/C14H21FO2/c1-11(2)7-9-17-10-8-14(16)12-5-3-4-6-13(12)15/h3-6,11,14,16H,7-10H2,1-2H3. The van der Waals surface area contributed by atoms with Crippen LogP contribution in [0.3, 0.4) is 0 Å². The zero-order valence-corrected chi connectivity index (χ0v) is 10.5. The highest BCUT2D eigenvalue weighted by Gasteiger charge is 2.11. The summed E-state index contributed by atoms with van der Waals surface area (Å²) in [6.07, 6.45) is 0.657. The molecule has 96 valence electrons. The highest BCUT2D eigenvalue weighted by Crippen LogP contribution is 2.19. The van der Waals surface area contributed by atoms with Gasteiger partial charge in [0.05, 0.1) is 6.10 Å². The Morgan fingerprint density at radius 2 is 1.82 bits per heavy atom. The summed E-state index contributed by atoms with van der Waals surface area (Å²) >= 11 is 0. The lowest BCUT2D eigenvalue weighted by Crippen LogP contribution is -2.07. The van der Waals surface area contributed by atoms with Gasteiger partial charge in [-0.25, -0.2) is 4.39 Å². The van der Waals surface area contributed by atoms with Crippen molar-refractivity contribution in [3.63, 3.8) is 0 Å². The van der Waals surface area contributed by atoms with Crippen molar-refractivity contribution in [2.75, 3.05) is 13.2 Å². The van der Waals surface area contributed by atoms with Gasteiger partial charge in [0.15, 0.2) is 0 Å². The normalized spacial score (nSPS) is 13.0. The van der Waals surface area contributed by atoms with Crippen molar-refractivity contribution in [1.82, 2.24) is 0 Å². The molecular weight excluding hydrogens is 219 g/mol. The second-order valence-corrected chi connectivity index (χ2v) is 4.62. The molecule has 0 amide bonds. The third kappa shape index (κ3) is 5.29. The van der Waals surface area contributed by atoms with Gasteiger partial charge in [-0.1, -0.05) is 32.0 Å². The van der Waals surface area contributed by atoms with Gasteiger partial charge >= 0.3 is 0 Å². The monoisotopic (exact) mass is 240 g/mol. The van der Waals surface area contributed by atoms with E-state index in [1.807, 2.05) is 0 Å². The van der Waals surface area contributed by atoms with Gasteiger partial charge in [0.1, 0.15) is 5.82 Å². The van der Waals surface area contributed by atoms with E-state index in [4.69, 9.17) is 4.74 Å². The third-order valence-corrected chi connectivity index (χ3v) is 2.64. The highest BCUT2D eigenvalue weighted by atomic mass is 19.1. The molecule has 0 radical (unpaired) electrons. The zero-order chi connectivity index (χ0) is 12.7. The number of aliphatic hydroxyl groups excluding tert-OH is 1. The fourth-order valence-electron chi connectivity index (χ4n) is 1.52. The van der Waals surface area contributed by atoms with Crippen LogP contribution in [0.15, 0.2) is 24.3 Å². The van der Waals surface area contributed by atoms with Gasteiger partial charge in [-0.3, -0.25) is 0 Å². The van der Waals surface area contributed by atoms with Crippen LogP contribution < -0.4 is 0 Å². The van der Waals surface area contributed by atoms with Crippen molar-refractivity contribution >= 4 is 0 Å². The Morgan fingerprint density at radius 3 is 2.47 bits per heavy atom. The van der Waals surface area contributed by atoms with Crippen molar-refractivity contribution in [3.8, 4) is 0 Å². The average Bonchev–Trinajstić information content (AvgIpc) is 2.28. The molecule has 1 rings (SSSR count). The Bertz CT molecular complexity index is 326. The van der Waals surface area contributed by atoms with E-state index in [-0.39, 0.29) is 5.82 Å². The molecule has 0 saturated carbocycles. The highest BCUT2D eigenvalue weighted by molar-refractivity contribution is 5.19. The van der Waals surface area contributed by atoms with Crippen LogP contribution in [0.5, 0.6) is 0 Å². The van der Waals surface area contributed by atoms with Crippen LogP contribution in [-0.2, 0) is 4.74 Å². The molecule has 1 unspecified atom stereocenters. The lowest BCUT2D eigenvalue weighted by Gasteiger charge is -2.12. The van der Waals surface area contributed by atoms with Gasteiger partial charge in [0.25, 0.3) is 0 Å². The van der Waals surface area contributed by atoms with E-state index in [2.05, 4.69) is 13.8 Å². The fraction of sp³-hybridized carbons (Fsp3) is 0.571. The summed E-state index contributed by atoms with van der Waals surface area (Å²) < 4.78 is 18.7. The number of aliphatic hydroxyl groups is 1. The van der Waals surface area contributed by atoms with Crippen LogP contribution in [0.25, 0.3) is 0 Å². The minimum atomic E-state index is -0.782. The molecule has 0 aliphatic rings. The summed E-state index contributed by atoms with van der Waals surface area (Å²) in [5.41, 5.74) is 0.347. The van der Waals surface area contributed by atoms with E-state index in [0.29, 0.717) is 31.1 Å². The molecule has 0 saturated heterocycles. The molecule has 3 heteroatoms. The molecule has 0 fully saturated rings. The van der Waals surface area contributed by atoms with Crippen LogP contribution in [-0.4, -0.2) is 18.3 Å². The zero-order valence-electron chi connectivity index (χ0n) is 10.5. The lowest BCUT2D eigenvalue weighted by atomic mass is 10.1. The Labute approximate surface area is 102 Å². The minimum Gasteiger partial charge on any atom is -0.388 e. The first-order chi connectivity index (χ1) is 8.11. The molecule has 0 aliphatic carbocycles. The molecule has 1 atom stereocenters. The van der Waals surface area contributed by atoms with Crippen LogP contribution in [0.2, 0.25) is 0 Å². The summed E-state index contributed by atoms with van der Waals surface area (Å²) in [6, 6.07) is 6.30. The third-order valence-electron chi connectivity index (χ3n) is 2.64. The van der Waals surface area contributed by atoms with Gasteiger partial charge < -0.3 is 9.84 Å². The molecule has 0 spiro atoms. The number of ether oxygens (including phenoxy) is 1. The summed E-state index contributed by atoms with van der Waals surface area (Å²) in [4.78, 5) is 0. The van der Waals surface area contributed by atoms with E-state index < -0.39 is 6.10 Å². The quantitative estimate of drug-likeness (QED) is 0.741. The maximum absolute atomic E-state index is 13.3. The second-order valence-electron chi connectivity index (χ2n) is 4.62. The maximum atomic E-state index is 13.3. The number of hydrogen-bond acceptors (Lipinski definition) is 2. The summed E-state index contributed by atoms with van der Waals surface area (Å²) in [5.74, 6) is 0.258. The average molecular weight is 240 g/mol. The predicted molar refractivity (Wildman–Crippen MR) is 66.3 cm³/mol. The Hall–Kier alpha value is -0.930. The smallest absolute Gasteiger partial charge is 0.128 e. The molecule has 1 N–H and O–H groups in total. The molecule has 0 aromatic heterocycles. The first-order valence-corrected chi connectivity index (χ1v) is 6.11. The molecule has 0 aliphatic heterocycles. The maximum Gasteiger partial charge on any atom is 0.128 e. The van der Waals surface area contributed by atoms with Crippen LogP contribution in [0.1, 0.15) is 38.4 Å². The number of rotatable bonds is 7. The molecule has 1 aromatic rings. The number of hydrogen-bond donors (Lipinski definition) is 1. The van der Waals surface area contributed by atoms with E-state index in [1.54, 1.807) is 18.2 Å². The SMILES string of the molecule is CC(C)CCOCCC(O)c1ccccc1F. The first kappa shape index (κ1) is 14.1. The molecule has 0 heterocycles. The molecule has 0 bridgehead atoms. The van der Waals surface area contributed by atoms with E-state index in [9.17, 15) is 9.50 Å². The van der Waals surface area contributed by atoms with Crippen molar-refractivity contribution in [1.29, 1.82) is 0 Å². The topological polar surface area (TPSA) is 29.5 Å². The van der Waals surface area contributed by atoms with Crippen LogP contribution in [0.4, 0.5) is 4.39 Å². The molecular formula is C14H21FO2. The summed E-state index contributed by atoms with van der Waals surface area (Å²) in [7, 11) is 0. The number of halogens is 1. The van der Waals surface area contributed by atoms with Gasteiger partial charge in [0, 0.05) is 25.2 Å². The lowest BCUT2D eigenvalue weighted by molar-refractivity contribution is 0.0753. The van der Waals surface area contributed by atoms with Crippen molar-refractivity contribution in [3.05, 3.63) is 35.6 Å². The van der Waals surface area contributed by atoms with Crippen molar-refractivity contribution in [2.45, 2.75) is 32.8 Å². The predicted octanol–water partition coefficient (Wildman–Crippen LogP) is 3.31. The van der Waals surface area contributed by atoms with Crippen LogP contribution >= 0.6 is 0 Å². The van der Waals surface area contributed by atoms with E-state index in [1.165, 1.54) is 6.07 Å². The second kappa shape index (κ2) is 7.41. The molecule has 17 heavy (non-hydrogen) atoms. The Morgan fingerprint density at radius 1 is 1.18 bits per heavy atom. The fourth-order valence-corrected chi connectivity index (χ4v) is 1.52. The summed E-state index contributed by atoms with van der Waals surface area (Å²) in [6.45, 7) is 5.43. The Kier molecular flexibility index (Phi) is 6.16. The number of benzene rings is 1. The Balaban J connectivity index is 2.26. The summed E-state index contributed by atoms with van der Waals surface area (Å²) in [5, 5.41) is 9.79.